The van der Waals surface area contributed by atoms with E-state index in [4.69, 9.17) is 17.0 Å². The summed E-state index contributed by atoms with van der Waals surface area (Å²) in [6, 6.07) is 7.04. The van der Waals surface area contributed by atoms with Crippen molar-refractivity contribution in [1.29, 1.82) is 0 Å². The Morgan fingerprint density at radius 2 is 2.04 bits per heavy atom. The van der Waals surface area contributed by atoms with Crippen molar-refractivity contribution in [3.63, 3.8) is 0 Å². The molecule has 2 rings (SSSR count). The third-order valence-corrected chi connectivity index (χ3v) is 5.24. The lowest BCUT2D eigenvalue weighted by Gasteiger charge is -2.14. The van der Waals surface area contributed by atoms with Crippen LogP contribution in [-0.4, -0.2) is 22.8 Å². The fourth-order valence-electron chi connectivity index (χ4n) is 2.46. The molecule has 4 nitrogen and oxygen atoms in total. The molecule has 1 N–H and O–H groups in total. The lowest BCUT2D eigenvalue weighted by Crippen LogP contribution is -2.17. The van der Waals surface area contributed by atoms with E-state index in [2.05, 4.69) is 19.2 Å². The third kappa shape index (κ3) is 5.97. The maximum Gasteiger partial charge on any atom is 0.338 e. The van der Waals surface area contributed by atoms with Gasteiger partial charge in [0.25, 0.3) is 5.91 Å². The summed E-state index contributed by atoms with van der Waals surface area (Å²) in [5.41, 5.74) is 1.36. The van der Waals surface area contributed by atoms with Crippen molar-refractivity contribution in [2.45, 2.75) is 39.5 Å². The Hall–Kier alpha value is -1.66. The molecule has 25 heavy (non-hydrogen) atoms. The molecule has 1 saturated heterocycles. The first-order valence-corrected chi connectivity index (χ1v) is 9.78. The zero-order valence-electron chi connectivity index (χ0n) is 14.5. The Balaban J connectivity index is 1.93. The number of hydrogen-bond donors (Lipinski definition) is 1. The van der Waals surface area contributed by atoms with Crippen molar-refractivity contribution in [2.75, 3.05) is 6.61 Å². The normalized spacial score (nSPS) is 16.8. The largest absolute Gasteiger partial charge is 0.462 e. The zero-order chi connectivity index (χ0) is 18.2. The lowest BCUT2D eigenvalue weighted by molar-refractivity contribution is -0.115. The van der Waals surface area contributed by atoms with Gasteiger partial charge in [-0.15, -0.1) is 0 Å². The first kappa shape index (κ1) is 19.7. The fraction of sp³-hybridized carbons (Fsp3) is 0.421. The van der Waals surface area contributed by atoms with Crippen LogP contribution in [0.1, 0.15) is 55.5 Å². The molecule has 0 bridgehead atoms. The van der Waals surface area contributed by atoms with Crippen LogP contribution >= 0.6 is 24.0 Å². The summed E-state index contributed by atoms with van der Waals surface area (Å²) in [6.07, 6.45) is 6.18. The molecule has 6 heteroatoms. The topological polar surface area (TPSA) is 55.4 Å². The summed E-state index contributed by atoms with van der Waals surface area (Å²) in [5.74, 6) is -0.0610. The minimum absolute atomic E-state index is 0.184. The zero-order valence-corrected chi connectivity index (χ0v) is 16.2. The highest BCUT2D eigenvalue weighted by Gasteiger charge is 2.21. The quantitative estimate of drug-likeness (QED) is 0.409. The molecule has 134 valence electrons. The second-order valence-electron chi connectivity index (χ2n) is 5.99. The summed E-state index contributed by atoms with van der Waals surface area (Å²) in [5, 5.41) is 2.58. The molecule has 0 saturated carbocycles. The van der Waals surface area contributed by atoms with E-state index in [1.54, 1.807) is 30.3 Å². The van der Waals surface area contributed by atoms with E-state index < -0.39 is 0 Å². The lowest BCUT2D eigenvalue weighted by atomic mass is 10.0. The van der Waals surface area contributed by atoms with Gasteiger partial charge >= 0.3 is 5.97 Å². The molecule has 1 unspecified atom stereocenters. The first-order valence-electron chi connectivity index (χ1n) is 8.55. The van der Waals surface area contributed by atoms with E-state index in [-0.39, 0.29) is 11.9 Å². The Morgan fingerprint density at radius 1 is 1.32 bits per heavy atom. The minimum Gasteiger partial charge on any atom is -0.462 e. The van der Waals surface area contributed by atoms with Crippen molar-refractivity contribution in [1.82, 2.24) is 5.32 Å². The number of unbranched alkanes of at least 4 members (excludes halogenated alkanes) is 1. The van der Waals surface area contributed by atoms with Crippen LogP contribution < -0.4 is 5.32 Å². The Labute approximate surface area is 158 Å². The van der Waals surface area contributed by atoms with Gasteiger partial charge in [0.1, 0.15) is 4.32 Å². The molecule has 1 aliphatic heterocycles. The highest BCUT2D eigenvalue weighted by Crippen LogP contribution is 2.26. The molecule has 1 aromatic rings. The van der Waals surface area contributed by atoms with Crippen molar-refractivity contribution < 1.29 is 14.3 Å². The van der Waals surface area contributed by atoms with Crippen LogP contribution in [-0.2, 0) is 9.53 Å². The number of ether oxygens (including phenoxy) is 1. The van der Waals surface area contributed by atoms with Gasteiger partial charge in [0.15, 0.2) is 0 Å². The number of benzene rings is 1. The van der Waals surface area contributed by atoms with E-state index in [1.165, 1.54) is 11.8 Å². The van der Waals surface area contributed by atoms with Gasteiger partial charge in [-0.25, -0.2) is 4.79 Å². The molecule has 0 aromatic heterocycles. The van der Waals surface area contributed by atoms with E-state index in [0.717, 1.165) is 31.2 Å². The smallest absolute Gasteiger partial charge is 0.338 e. The SMILES string of the molecule is CCCCC(CC)COC(=O)c1ccc(C=C2SC(=S)NC2=O)cc1. The van der Waals surface area contributed by atoms with Crippen molar-refractivity contribution in [2.24, 2.45) is 5.92 Å². The Morgan fingerprint density at radius 3 is 2.60 bits per heavy atom. The van der Waals surface area contributed by atoms with Crippen molar-refractivity contribution in [3.8, 4) is 0 Å². The number of amides is 1. The van der Waals surface area contributed by atoms with Gasteiger partial charge in [0.2, 0.25) is 0 Å². The second-order valence-corrected chi connectivity index (χ2v) is 7.71. The van der Waals surface area contributed by atoms with Crippen molar-refractivity contribution >= 4 is 46.3 Å². The number of carbonyl (C=O) groups is 2. The van der Waals surface area contributed by atoms with Crippen LogP contribution in [0.15, 0.2) is 29.2 Å². The van der Waals surface area contributed by atoms with E-state index in [9.17, 15) is 9.59 Å². The number of thiocarbonyl (C=S) groups is 1. The van der Waals surface area contributed by atoms with E-state index in [0.29, 0.717) is 27.3 Å². The summed E-state index contributed by atoms with van der Waals surface area (Å²) in [7, 11) is 0. The maximum atomic E-state index is 12.2. The second kappa shape index (κ2) is 9.73. The third-order valence-electron chi connectivity index (χ3n) is 4.08. The van der Waals surface area contributed by atoms with Gasteiger partial charge in [-0.3, -0.25) is 4.79 Å². The van der Waals surface area contributed by atoms with Gasteiger partial charge in [-0.2, -0.15) is 0 Å². The minimum atomic E-state index is -0.302. The van der Waals surface area contributed by atoms with Gasteiger partial charge in [-0.05, 0) is 36.1 Å². The van der Waals surface area contributed by atoms with Gasteiger partial charge < -0.3 is 10.1 Å². The summed E-state index contributed by atoms with van der Waals surface area (Å²) in [4.78, 5) is 24.4. The summed E-state index contributed by atoms with van der Waals surface area (Å²) in [6.45, 7) is 4.76. The summed E-state index contributed by atoms with van der Waals surface area (Å²) >= 11 is 6.20. The number of nitrogens with one attached hydrogen (secondary N) is 1. The fourth-order valence-corrected chi connectivity index (χ4v) is 3.51. The van der Waals surface area contributed by atoms with Gasteiger partial charge in [0, 0.05) is 0 Å². The summed E-state index contributed by atoms with van der Waals surface area (Å²) < 4.78 is 5.91. The average Bonchev–Trinajstić information content (AvgIpc) is 2.92. The predicted molar refractivity (Wildman–Crippen MR) is 106 cm³/mol. The maximum absolute atomic E-state index is 12.2. The van der Waals surface area contributed by atoms with Crippen LogP contribution in [0, 0.1) is 5.92 Å². The molecular weight excluding hydrogens is 354 g/mol. The molecule has 1 aromatic carbocycles. The van der Waals surface area contributed by atoms with Crippen LogP contribution in [0.2, 0.25) is 0 Å². The number of hydrogen-bond acceptors (Lipinski definition) is 5. The molecule has 1 fully saturated rings. The Bertz CT molecular complexity index is 668. The molecule has 0 spiro atoms. The predicted octanol–water partition coefficient (Wildman–Crippen LogP) is 4.55. The Kier molecular flexibility index (Phi) is 7.65. The van der Waals surface area contributed by atoms with E-state index >= 15 is 0 Å². The van der Waals surface area contributed by atoms with Crippen molar-refractivity contribution in [3.05, 3.63) is 40.3 Å². The average molecular weight is 378 g/mol. The number of carbonyl (C=O) groups excluding carboxylic acids is 2. The number of rotatable bonds is 8. The monoisotopic (exact) mass is 377 g/mol. The molecule has 1 amide bonds. The molecule has 1 heterocycles. The van der Waals surface area contributed by atoms with E-state index in [1.807, 2.05) is 0 Å². The first-order chi connectivity index (χ1) is 12.0. The molecule has 0 aliphatic carbocycles. The van der Waals surface area contributed by atoms with Crippen LogP contribution in [0.5, 0.6) is 0 Å². The van der Waals surface area contributed by atoms with Crippen LogP contribution in [0.25, 0.3) is 6.08 Å². The molecular formula is C19H23NO3S2. The van der Waals surface area contributed by atoms with Crippen LogP contribution in [0.3, 0.4) is 0 Å². The molecule has 1 atom stereocenters. The number of esters is 1. The van der Waals surface area contributed by atoms with Crippen LogP contribution in [0.4, 0.5) is 0 Å². The molecule has 0 radical (unpaired) electrons. The molecule has 1 aliphatic rings. The standard InChI is InChI=1S/C19H23NO3S2/c1-3-5-6-13(4-2)12-23-18(22)15-9-7-14(8-10-15)11-16-17(21)20-19(24)25-16/h7-11,13H,3-6,12H2,1-2H3,(H,20,21,24). The highest BCUT2D eigenvalue weighted by molar-refractivity contribution is 8.26. The van der Waals surface area contributed by atoms with Gasteiger partial charge in [-0.1, -0.05) is 69.2 Å². The highest BCUT2D eigenvalue weighted by atomic mass is 32.2. The number of thioether (sulfide) groups is 1. The van der Waals surface area contributed by atoms with Gasteiger partial charge in [0.05, 0.1) is 17.1 Å².